The summed E-state index contributed by atoms with van der Waals surface area (Å²) in [5.41, 5.74) is 2.11. The maximum atomic E-state index is 13.1. The largest absolute Gasteiger partial charge is 0.336 e. The van der Waals surface area contributed by atoms with Crippen LogP contribution < -0.4 is 5.32 Å². The van der Waals surface area contributed by atoms with Crippen molar-refractivity contribution in [2.75, 3.05) is 19.6 Å². The van der Waals surface area contributed by atoms with Crippen LogP contribution in [0, 0.1) is 0 Å². The van der Waals surface area contributed by atoms with Crippen LogP contribution >= 0.6 is 0 Å². The molecule has 1 saturated heterocycles. The summed E-state index contributed by atoms with van der Waals surface area (Å²) in [6.45, 7) is 2.35. The second kappa shape index (κ2) is 7.08. The molecule has 0 unspecified atom stereocenters. The Morgan fingerprint density at radius 3 is 2.60 bits per heavy atom. The average Bonchev–Trinajstić information content (AvgIpc) is 2.68. The number of nitrogens with one attached hydrogen (secondary N) is 1. The Hall–Kier alpha value is -2.65. The van der Waals surface area contributed by atoms with E-state index in [1.165, 1.54) is 5.56 Å². The summed E-state index contributed by atoms with van der Waals surface area (Å²) >= 11 is 0. The zero-order valence-corrected chi connectivity index (χ0v) is 14.2. The minimum Gasteiger partial charge on any atom is -0.336 e. The molecular weight excluding hydrogens is 308 g/mol. The van der Waals surface area contributed by atoms with Gasteiger partial charge in [0.25, 0.3) is 5.91 Å². The average molecular weight is 330 g/mol. The SMILES string of the molecule is O=C(c1cccc2ccccc12)N1CCN[C@@H](Cc2ccccc2)C1. The fourth-order valence-electron chi connectivity index (χ4n) is 3.63. The van der Waals surface area contributed by atoms with Crippen LogP contribution in [0.3, 0.4) is 0 Å². The van der Waals surface area contributed by atoms with Crippen molar-refractivity contribution in [1.29, 1.82) is 0 Å². The van der Waals surface area contributed by atoms with E-state index in [4.69, 9.17) is 0 Å². The van der Waals surface area contributed by atoms with Gasteiger partial charge in [0.05, 0.1) is 0 Å². The van der Waals surface area contributed by atoms with Crippen LogP contribution in [-0.2, 0) is 6.42 Å². The number of rotatable bonds is 3. The van der Waals surface area contributed by atoms with Crippen LogP contribution in [0.5, 0.6) is 0 Å². The van der Waals surface area contributed by atoms with E-state index >= 15 is 0 Å². The number of hydrogen-bond donors (Lipinski definition) is 1. The molecule has 25 heavy (non-hydrogen) atoms. The van der Waals surface area contributed by atoms with Crippen molar-refractivity contribution < 1.29 is 4.79 Å². The van der Waals surface area contributed by atoms with Gasteiger partial charge in [0.15, 0.2) is 0 Å². The monoisotopic (exact) mass is 330 g/mol. The highest BCUT2D eigenvalue weighted by Gasteiger charge is 2.25. The van der Waals surface area contributed by atoms with Gasteiger partial charge in [-0.15, -0.1) is 0 Å². The van der Waals surface area contributed by atoms with Crippen molar-refractivity contribution in [3.8, 4) is 0 Å². The molecular formula is C22H22N2O. The predicted molar refractivity (Wildman–Crippen MR) is 102 cm³/mol. The maximum absolute atomic E-state index is 13.1. The van der Waals surface area contributed by atoms with Crippen LogP contribution in [-0.4, -0.2) is 36.5 Å². The van der Waals surface area contributed by atoms with E-state index in [1.54, 1.807) is 0 Å². The van der Waals surface area contributed by atoms with E-state index in [2.05, 4.69) is 41.7 Å². The number of carbonyl (C=O) groups excluding carboxylic acids is 1. The first kappa shape index (κ1) is 15.9. The van der Waals surface area contributed by atoms with Crippen molar-refractivity contribution in [2.45, 2.75) is 12.5 Å². The first-order valence-electron chi connectivity index (χ1n) is 8.85. The molecule has 0 aromatic heterocycles. The molecule has 1 amide bonds. The lowest BCUT2D eigenvalue weighted by atomic mass is 10.0. The van der Waals surface area contributed by atoms with Gasteiger partial charge in [-0.2, -0.15) is 0 Å². The number of amides is 1. The Balaban J connectivity index is 1.53. The van der Waals surface area contributed by atoms with E-state index in [-0.39, 0.29) is 5.91 Å². The van der Waals surface area contributed by atoms with Gasteiger partial charge in [0, 0.05) is 31.2 Å². The standard InChI is InChI=1S/C22H22N2O/c25-22(21-12-6-10-18-9-4-5-11-20(18)21)24-14-13-23-19(16-24)15-17-7-2-1-3-8-17/h1-12,19,23H,13-16H2/t19-/m0/s1. The molecule has 4 rings (SSSR count). The maximum Gasteiger partial charge on any atom is 0.254 e. The highest BCUT2D eigenvalue weighted by Crippen LogP contribution is 2.21. The van der Waals surface area contributed by atoms with E-state index in [0.29, 0.717) is 6.04 Å². The molecule has 3 nitrogen and oxygen atoms in total. The Bertz CT molecular complexity index is 870. The Labute approximate surface area is 148 Å². The Kier molecular flexibility index (Phi) is 4.49. The summed E-state index contributed by atoms with van der Waals surface area (Å²) in [5, 5.41) is 5.70. The number of fused-ring (bicyclic) bond motifs is 1. The number of nitrogens with zero attached hydrogens (tertiary/aromatic N) is 1. The van der Waals surface area contributed by atoms with Gasteiger partial charge < -0.3 is 10.2 Å². The summed E-state index contributed by atoms with van der Waals surface area (Å²) in [6.07, 6.45) is 0.945. The second-order valence-electron chi connectivity index (χ2n) is 6.62. The predicted octanol–water partition coefficient (Wildman–Crippen LogP) is 3.50. The lowest BCUT2D eigenvalue weighted by molar-refractivity contribution is 0.0705. The molecule has 3 aromatic carbocycles. The van der Waals surface area contributed by atoms with Crippen LogP contribution in [0.15, 0.2) is 72.8 Å². The van der Waals surface area contributed by atoms with Crippen molar-refractivity contribution in [2.24, 2.45) is 0 Å². The normalized spacial score (nSPS) is 17.6. The number of benzene rings is 3. The summed E-state index contributed by atoms with van der Waals surface area (Å²) in [5.74, 6) is 0.136. The molecule has 0 radical (unpaired) electrons. The van der Waals surface area contributed by atoms with Gasteiger partial charge in [-0.3, -0.25) is 4.79 Å². The molecule has 3 aromatic rings. The van der Waals surface area contributed by atoms with Crippen molar-refractivity contribution in [1.82, 2.24) is 10.2 Å². The fourth-order valence-corrected chi connectivity index (χ4v) is 3.63. The highest BCUT2D eigenvalue weighted by molar-refractivity contribution is 6.07. The Morgan fingerprint density at radius 2 is 1.72 bits per heavy atom. The molecule has 0 saturated carbocycles. The number of piperazine rings is 1. The van der Waals surface area contributed by atoms with E-state index in [0.717, 1.165) is 42.4 Å². The summed E-state index contributed by atoms with van der Waals surface area (Å²) in [6, 6.07) is 24.8. The van der Waals surface area contributed by atoms with E-state index in [1.807, 2.05) is 41.3 Å². The van der Waals surface area contributed by atoms with Crippen LogP contribution in [0.25, 0.3) is 10.8 Å². The molecule has 0 aliphatic carbocycles. The van der Waals surface area contributed by atoms with Crippen molar-refractivity contribution >= 4 is 16.7 Å². The highest BCUT2D eigenvalue weighted by atomic mass is 16.2. The number of hydrogen-bond acceptors (Lipinski definition) is 2. The van der Waals surface area contributed by atoms with Gasteiger partial charge in [-0.05, 0) is 28.8 Å². The first-order chi connectivity index (χ1) is 12.3. The van der Waals surface area contributed by atoms with Gasteiger partial charge in [0.1, 0.15) is 0 Å². The smallest absolute Gasteiger partial charge is 0.254 e. The summed E-state index contributed by atoms with van der Waals surface area (Å²) in [7, 11) is 0. The van der Waals surface area contributed by atoms with Crippen molar-refractivity contribution in [3.05, 3.63) is 83.9 Å². The topological polar surface area (TPSA) is 32.3 Å². The lowest BCUT2D eigenvalue weighted by Crippen LogP contribution is -2.53. The molecule has 126 valence electrons. The molecule has 1 aliphatic rings. The first-order valence-corrected chi connectivity index (χ1v) is 8.85. The van der Waals surface area contributed by atoms with Crippen molar-refractivity contribution in [3.63, 3.8) is 0 Å². The minimum atomic E-state index is 0.136. The zero-order valence-electron chi connectivity index (χ0n) is 14.2. The van der Waals surface area contributed by atoms with E-state index in [9.17, 15) is 4.79 Å². The summed E-state index contributed by atoms with van der Waals surface area (Å²) < 4.78 is 0. The van der Waals surface area contributed by atoms with Gasteiger partial charge in [-0.25, -0.2) is 0 Å². The van der Waals surface area contributed by atoms with Gasteiger partial charge >= 0.3 is 0 Å². The molecule has 3 heteroatoms. The van der Waals surface area contributed by atoms with Gasteiger partial charge in [0.2, 0.25) is 0 Å². The molecule has 1 N–H and O–H groups in total. The third-order valence-electron chi connectivity index (χ3n) is 4.89. The van der Waals surface area contributed by atoms with Gasteiger partial charge in [-0.1, -0.05) is 66.7 Å². The minimum absolute atomic E-state index is 0.136. The molecule has 1 heterocycles. The van der Waals surface area contributed by atoms with Crippen LogP contribution in [0.2, 0.25) is 0 Å². The third-order valence-corrected chi connectivity index (χ3v) is 4.89. The fraction of sp³-hybridized carbons (Fsp3) is 0.227. The quantitative estimate of drug-likeness (QED) is 0.797. The zero-order chi connectivity index (χ0) is 17.1. The molecule has 1 aliphatic heterocycles. The van der Waals surface area contributed by atoms with E-state index < -0.39 is 0 Å². The molecule has 0 spiro atoms. The second-order valence-corrected chi connectivity index (χ2v) is 6.62. The van der Waals surface area contributed by atoms with Crippen LogP contribution in [0.1, 0.15) is 15.9 Å². The Morgan fingerprint density at radius 1 is 0.960 bits per heavy atom. The molecule has 1 fully saturated rings. The number of carbonyl (C=O) groups is 1. The summed E-state index contributed by atoms with van der Waals surface area (Å²) in [4.78, 5) is 15.1. The molecule has 1 atom stereocenters. The van der Waals surface area contributed by atoms with Crippen LogP contribution in [0.4, 0.5) is 0 Å². The lowest BCUT2D eigenvalue weighted by Gasteiger charge is -2.34. The third kappa shape index (κ3) is 3.42. The molecule has 0 bridgehead atoms.